The summed E-state index contributed by atoms with van der Waals surface area (Å²) in [4.78, 5) is 0. The van der Waals surface area contributed by atoms with Gasteiger partial charge < -0.3 is 4.74 Å². The molecule has 0 bridgehead atoms. The maximum Gasteiger partial charge on any atom is 0.119 e. The molecule has 0 fully saturated rings. The van der Waals surface area contributed by atoms with E-state index in [0.29, 0.717) is 12.2 Å². The van der Waals surface area contributed by atoms with E-state index in [9.17, 15) is 0 Å². The van der Waals surface area contributed by atoms with Gasteiger partial charge in [-0.1, -0.05) is 51.1 Å². The van der Waals surface area contributed by atoms with Crippen molar-refractivity contribution in [2.75, 3.05) is 0 Å². The van der Waals surface area contributed by atoms with Crippen LogP contribution in [0.15, 0.2) is 48.5 Å². The second-order valence-electron chi connectivity index (χ2n) is 5.82. The van der Waals surface area contributed by atoms with E-state index < -0.39 is 0 Å². The van der Waals surface area contributed by atoms with Gasteiger partial charge in [-0.05, 0) is 35.6 Å². The van der Waals surface area contributed by atoms with Crippen LogP contribution in [-0.2, 0) is 12.0 Å². The summed E-state index contributed by atoms with van der Waals surface area (Å²) in [7, 11) is 0. The monoisotopic (exact) mass is 279 g/mol. The van der Waals surface area contributed by atoms with Crippen LogP contribution in [0.1, 0.15) is 43.9 Å². The maximum atomic E-state index is 9.06. The average Bonchev–Trinajstić information content (AvgIpc) is 2.53. The fourth-order valence-corrected chi connectivity index (χ4v) is 2.12. The Morgan fingerprint density at radius 3 is 2.33 bits per heavy atom. The third-order valence-corrected chi connectivity index (χ3v) is 4.05. The largest absolute Gasteiger partial charge is 0.489 e. The van der Waals surface area contributed by atoms with Gasteiger partial charge >= 0.3 is 0 Å². The number of hydrogen-bond acceptors (Lipinski definition) is 2. The smallest absolute Gasteiger partial charge is 0.119 e. The lowest BCUT2D eigenvalue weighted by atomic mass is 9.82. The Hall–Kier alpha value is -2.27. The number of ether oxygens (including phenoxy) is 1. The van der Waals surface area contributed by atoms with Gasteiger partial charge in [-0.2, -0.15) is 5.26 Å². The maximum absolute atomic E-state index is 9.06. The van der Waals surface area contributed by atoms with Crippen molar-refractivity contribution < 1.29 is 4.74 Å². The third kappa shape index (κ3) is 3.64. The molecule has 0 unspecified atom stereocenters. The van der Waals surface area contributed by atoms with E-state index in [0.717, 1.165) is 17.7 Å². The first kappa shape index (κ1) is 15.1. The van der Waals surface area contributed by atoms with Gasteiger partial charge in [0.15, 0.2) is 0 Å². The molecule has 0 aliphatic heterocycles. The SMILES string of the molecule is CCC(C)(C)c1ccc(OCc2ccccc2C#N)cc1. The Morgan fingerprint density at radius 2 is 1.71 bits per heavy atom. The summed E-state index contributed by atoms with van der Waals surface area (Å²) < 4.78 is 5.78. The van der Waals surface area contributed by atoms with E-state index in [-0.39, 0.29) is 5.41 Å². The van der Waals surface area contributed by atoms with Crippen molar-refractivity contribution in [1.82, 2.24) is 0 Å². The van der Waals surface area contributed by atoms with Gasteiger partial charge in [-0.25, -0.2) is 0 Å². The van der Waals surface area contributed by atoms with Crippen LogP contribution in [0.4, 0.5) is 0 Å². The van der Waals surface area contributed by atoms with Crippen LogP contribution < -0.4 is 4.74 Å². The molecule has 21 heavy (non-hydrogen) atoms. The Kier molecular flexibility index (Phi) is 4.65. The van der Waals surface area contributed by atoms with E-state index in [2.05, 4.69) is 39.0 Å². The molecule has 2 aromatic carbocycles. The van der Waals surface area contributed by atoms with Gasteiger partial charge in [0.25, 0.3) is 0 Å². The highest BCUT2D eigenvalue weighted by atomic mass is 16.5. The number of nitriles is 1. The van der Waals surface area contributed by atoms with Crippen LogP contribution in [0.2, 0.25) is 0 Å². The molecule has 2 heteroatoms. The van der Waals surface area contributed by atoms with Crippen molar-refractivity contribution in [1.29, 1.82) is 5.26 Å². The Morgan fingerprint density at radius 1 is 1.05 bits per heavy atom. The van der Waals surface area contributed by atoms with Crippen molar-refractivity contribution >= 4 is 0 Å². The zero-order chi connectivity index (χ0) is 15.3. The number of rotatable bonds is 5. The number of nitrogens with zero attached hydrogens (tertiary/aromatic N) is 1. The Bertz CT molecular complexity index is 635. The van der Waals surface area contributed by atoms with Crippen molar-refractivity contribution in [3.8, 4) is 11.8 Å². The molecule has 0 saturated heterocycles. The normalized spacial score (nSPS) is 11.0. The van der Waals surface area contributed by atoms with Gasteiger partial charge in [0.1, 0.15) is 12.4 Å². The van der Waals surface area contributed by atoms with Crippen LogP contribution in [-0.4, -0.2) is 0 Å². The first-order valence-corrected chi connectivity index (χ1v) is 7.28. The molecule has 108 valence electrons. The fraction of sp³-hybridized carbons (Fsp3) is 0.316. The summed E-state index contributed by atoms with van der Waals surface area (Å²) in [6.45, 7) is 7.10. The molecule has 0 atom stereocenters. The molecule has 2 aromatic rings. The lowest BCUT2D eigenvalue weighted by molar-refractivity contribution is 0.305. The zero-order valence-corrected chi connectivity index (χ0v) is 12.9. The standard InChI is InChI=1S/C19H21NO/c1-4-19(2,3)17-9-11-18(12-10-17)21-14-16-8-6-5-7-15(16)13-20/h5-12H,4,14H2,1-3H3. The van der Waals surface area contributed by atoms with Crippen molar-refractivity contribution in [2.45, 2.75) is 39.2 Å². The minimum atomic E-state index is 0.186. The highest BCUT2D eigenvalue weighted by Crippen LogP contribution is 2.28. The molecule has 0 aliphatic rings. The average molecular weight is 279 g/mol. The zero-order valence-electron chi connectivity index (χ0n) is 12.9. The molecule has 0 heterocycles. The number of hydrogen-bond donors (Lipinski definition) is 0. The molecule has 0 spiro atoms. The van der Waals surface area contributed by atoms with Crippen LogP contribution in [0.5, 0.6) is 5.75 Å². The van der Waals surface area contributed by atoms with Crippen LogP contribution in [0.25, 0.3) is 0 Å². The molecule has 2 rings (SSSR count). The summed E-state index contributed by atoms with van der Waals surface area (Å²) in [6, 6.07) is 18.0. The lowest BCUT2D eigenvalue weighted by Crippen LogP contribution is -2.15. The number of benzene rings is 2. The van der Waals surface area contributed by atoms with Crippen molar-refractivity contribution in [3.05, 3.63) is 65.2 Å². The molecule has 2 nitrogen and oxygen atoms in total. The molecule has 0 saturated carbocycles. The van der Waals surface area contributed by atoms with Gasteiger partial charge in [0.05, 0.1) is 11.6 Å². The van der Waals surface area contributed by atoms with E-state index >= 15 is 0 Å². The van der Waals surface area contributed by atoms with E-state index in [1.54, 1.807) is 0 Å². The predicted octanol–water partition coefficient (Wildman–Crippen LogP) is 4.82. The van der Waals surface area contributed by atoms with Crippen LogP contribution in [0, 0.1) is 11.3 Å². The topological polar surface area (TPSA) is 33.0 Å². The summed E-state index contributed by atoms with van der Waals surface area (Å²) in [5.74, 6) is 0.832. The fourth-order valence-electron chi connectivity index (χ4n) is 2.12. The second kappa shape index (κ2) is 6.45. The minimum absolute atomic E-state index is 0.186. The predicted molar refractivity (Wildman–Crippen MR) is 85.2 cm³/mol. The van der Waals surface area contributed by atoms with Gasteiger partial charge in [0, 0.05) is 5.56 Å². The van der Waals surface area contributed by atoms with E-state index in [1.807, 2.05) is 36.4 Å². The highest BCUT2D eigenvalue weighted by molar-refractivity contribution is 5.37. The molecular formula is C19H21NO. The molecule has 0 N–H and O–H groups in total. The minimum Gasteiger partial charge on any atom is -0.489 e. The molecule has 0 aliphatic carbocycles. The van der Waals surface area contributed by atoms with Gasteiger partial charge in [-0.15, -0.1) is 0 Å². The highest BCUT2D eigenvalue weighted by Gasteiger charge is 2.17. The van der Waals surface area contributed by atoms with Gasteiger partial charge in [-0.3, -0.25) is 0 Å². The first-order chi connectivity index (χ1) is 10.1. The summed E-state index contributed by atoms with van der Waals surface area (Å²) in [5, 5.41) is 9.06. The summed E-state index contributed by atoms with van der Waals surface area (Å²) in [6.07, 6.45) is 1.10. The van der Waals surface area contributed by atoms with Gasteiger partial charge in [0.2, 0.25) is 0 Å². The van der Waals surface area contributed by atoms with E-state index in [1.165, 1.54) is 5.56 Å². The third-order valence-electron chi connectivity index (χ3n) is 4.05. The summed E-state index contributed by atoms with van der Waals surface area (Å²) >= 11 is 0. The van der Waals surface area contributed by atoms with Crippen LogP contribution >= 0.6 is 0 Å². The van der Waals surface area contributed by atoms with Crippen LogP contribution in [0.3, 0.4) is 0 Å². The lowest BCUT2D eigenvalue weighted by Gasteiger charge is -2.23. The molecule has 0 aromatic heterocycles. The van der Waals surface area contributed by atoms with E-state index in [4.69, 9.17) is 10.00 Å². The summed E-state index contributed by atoms with van der Waals surface area (Å²) in [5.41, 5.74) is 3.08. The van der Waals surface area contributed by atoms with Crippen molar-refractivity contribution in [2.24, 2.45) is 0 Å². The second-order valence-corrected chi connectivity index (χ2v) is 5.82. The molecular weight excluding hydrogens is 258 g/mol. The first-order valence-electron chi connectivity index (χ1n) is 7.28. The molecule has 0 radical (unpaired) electrons. The quantitative estimate of drug-likeness (QED) is 0.785. The Balaban J connectivity index is 2.06. The van der Waals surface area contributed by atoms with Crippen molar-refractivity contribution in [3.63, 3.8) is 0 Å². The molecule has 0 amide bonds. The Labute approximate surface area is 127 Å².